The van der Waals surface area contributed by atoms with Gasteiger partial charge in [0.2, 0.25) is 11.8 Å². The van der Waals surface area contributed by atoms with E-state index in [0.29, 0.717) is 6.42 Å². The van der Waals surface area contributed by atoms with E-state index < -0.39 is 0 Å². The van der Waals surface area contributed by atoms with Crippen LogP contribution in [0.5, 0.6) is 0 Å². The first-order valence-electron chi connectivity index (χ1n) is 7.11. The number of likely N-dealkylation sites (tertiary alicyclic amines) is 1. The fraction of sp³-hybridized carbons (Fsp3) is 0.467. The van der Waals surface area contributed by atoms with Crippen molar-refractivity contribution in [3.05, 3.63) is 29.3 Å². The maximum absolute atomic E-state index is 12.0. The Kier molecular flexibility index (Phi) is 3.87. The molecule has 0 bridgehead atoms. The molecule has 2 amide bonds. The molecule has 112 valence electrons. The van der Waals surface area contributed by atoms with Gasteiger partial charge in [0.25, 0.3) is 0 Å². The van der Waals surface area contributed by atoms with Crippen LogP contribution in [0.4, 0.5) is 5.69 Å². The van der Waals surface area contributed by atoms with Gasteiger partial charge < -0.3 is 4.90 Å². The average molecular weight is 308 g/mol. The van der Waals surface area contributed by atoms with Crippen molar-refractivity contribution in [2.45, 2.75) is 12.5 Å². The van der Waals surface area contributed by atoms with E-state index in [1.165, 1.54) is 4.90 Å². The van der Waals surface area contributed by atoms with Crippen LogP contribution in [-0.2, 0) is 9.59 Å². The third-order valence-electron chi connectivity index (χ3n) is 4.30. The summed E-state index contributed by atoms with van der Waals surface area (Å²) >= 11 is 5.90. The largest absolute Gasteiger partial charge is 0.369 e. The minimum Gasteiger partial charge on any atom is -0.369 e. The Morgan fingerprint density at radius 1 is 1.05 bits per heavy atom. The van der Waals surface area contributed by atoms with Crippen LogP contribution in [0.2, 0.25) is 5.02 Å². The molecule has 0 unspecified atom stereocenters. The quantitative estimate of drug-likeness (QED) is 0.771. The van der Waals surface area contributed by atoms with Crippen molar-refractivity contribution in [2.75, 3.05) is 38.1 Å². The summed E-state index contributed by atoms with van der Waals surface area (Å²) in [5, 5.41) is 0.732. The topological polar surface area (TPSA) is 43.9 Å². The standard InChI is InChI=1S/C15H18ClN3O2/c1-17-14(20)10-13(15(17)21)19-8-6-18(7-9-19)12-4-2-11(16)3-5-12/h2-5,13H,6-10H2,1H3/t13-/m0/s1. The van der Waals surface area contributed by atoms with Crippen molar-refractivity contribution < 1.29 is 9.59 Å². The molecule has 1 atom stereocenters. The summed E-state index contributed by atoms with van der Waals surface area (Å²) < 4.78 is 0. The smallest absolute Gasteiger partial charge is 0.246 e. The third-order valence-corrected chi connectivity index (χ3v) is 4.56. The number of carbonyl (C=O) groups excluding carboxylic acids is 2. The van der Waals surface area contributed by atoms with Crippen LogP contribution in [0, 0.1) is 0 Å². The summed E-state index contributed by atoms with van der Waals surface area (Å²) in [6.07, 6.45) is 0.316. The number of halogens is 1. The number of carbonyl (C=O) groups is 2. The summed E-state index contributed by atoms with van der Waals surface area (Å²) in [6, 6.07) is 7.52. The predicted molar refractivity (Wildman–Crippen MR) is 81.4 cm³/mol. The van der Waals surface area contributed by atoms with Crippen molar-refractivity contribution in [3.63, 3.8) is 0 Å². The van der Waals surface area contributed by atoms with Crippen LogP contribution in [0.1, 0.15) is 6.42 Å². The average Bonchev–Trinajstić information content (AvgIpc) is 2.76. The van der Waals surface area contributed by atoms with E-state index in [9.17, 15) is 9.59 Å². The maximum Gasteiger partial charge on any atom is 0.246 e. The van der Waals surface area contributed by atoms with Gasteiger partial charge in [0.15, 0.2) is 0 Å². The van der Waals surface area contributed by atoms with Crippen LogP contribution in [-0.4, -0.2) is 60.9 Å². The van der Waals surface area contributed by atoms with Crippen LogP contribution in [0.15, 0.2) is 24.3 Å². The number of benzene rings is 1. The number of piperazine rings is 1. The highest BCUT2D eigenvalue weighted by Crippen LogP contribution is 2.22. The summed E-state index contributed by atoms with van der Waals surface area (Å²) in [4.78, 5) is 29.3. The second kappa shape index (κ2) is 5.66. The highest BCUT2D eigenvalue weighted by atomic mass is 35.5. The van der Waals surface area contributed by atoms with E-state index in [4.69, 9.17) is 11.6 Å². The van der Waals surface area contributed by atoms with Gasteiger partial charge in [-0.1, -0.05) is 11.6 Å². The monoisotopic (exact) mass is 307 g/mol. The Hall–Kier alpha value is -1.59. The van der Waals surface area contributed by atoms with Crippen LogP contribution < -0.4 is 4.90 Å². The first-order chi connectivity index (χ1) is 10.1. The van der Waals surface area contributed by atoms with Crippen LogP contribution >= 0.6 is 11.6 Å². The molecule has 0 saturated carbocycles. The van der Waals surface area contributed by atoms with Gasteiger partial charge in [-0.3, -0.25) is 19.4 Å². The molecule has 2 aliphatic rings. The van der Waals surface area contributed by atoms with Gasteiger partial charge >= 0.3 is 0 Å². The minimum absolute atomic E-state index is 0.0695. The van der Waals surface area contributed by atoms with Crippen molar-refractivity contribution >= 4 is 29.1 Å². The summed E-state index contributed by atoms with van der Waals surface area (Å²) in [5.41, 5.74) is 1.14. The molecule has 0 aliphatic carbocycles. The lowest BCUT2D eigenvalue weighted by Crippen LogP contribution is -2.52. The van der Waals surface area contributed by atoms with Gasteiger partial charge in [0.05, 0.1) is 12.5 Å². The van der Waals surface area contributed by atoms with Gasteiger partial charge in [-0.15, -0.1) is 0 Å². The number of anilines is 1. The Morgan fingerprint density at radius 2 is 1.67 bits per heavy atom. The molecule has 1 aromatic carbocycles. The van der Waals surface area contributed by atoms with Gasteiger partial charge in [-0.2, -0.15) is 0 Å². The first kappa shape index (κ1) is 14.4. The molecule has 0 radical (unpaired) electrons. The lowest BCUT2D eigenvalue weighted by molar-refractivity contribution is -0.138. The lowest BCUT2D eigenvalue weighted by Gasteiger charge is -2.38. The Balaban J connectivity index is 1.62. The minimum atomic E-state index is -0.269. The van der Waals surface area contributed by atoms with Crippen molar-refractivity contribution in [3.8, 4) is 0 Å². The Labute approximate surface area is 129 Å². The molecule has 0 spiro atoms. The molecule has 2 saturated heterocycles. The maximum atomic E-state index is 12.0. The number of rotatable bonds is 2. The van der Waals surface area contributed by atoms with Crippen molar-refractivity contribution in [1.29, 1.82) is 0 Å². The Bertz CT molecular complexity index is 553. The number of likely N-dealkylation sites (N-methyl/N-ethyl adjacent to an activating group) is 1. The number of amides is 2. The highest BCUT2D eigenvalue weighted by Gasteiger charge is 2.40. The molecule has 3 rings (SSSR count). The van der Waals surface area contributed by atoms with Gasteiger partial charge in [0, 0.05) is 43.9 Å². The van der Waals surface area contributed by atoms with Gasteiger partial charge in [0.1, 0.15) is 0 Å². The molecule has 0 aromatic heterocycles. The summed E-state index contributed by atoms with van der Waals surface area (Å²) in [7, 11) is 1.56. The van der Waals surface area contributed by atoms with Crippen molar-refractivity contribution in [2.24, 2.45) is 0 Å². The van der Waals surface area contributed by atoms with Crippen LogP contribution in [0.3, 0.4) is 0 Å². The zero-order valence-electron chi connectivity index (χ0n) is 12.0. The van der Waals surface area contributed by atoms with Crippen LogP contribution in [0.25, 0.3) is 0 Å². The molecule has 0 N–H and O–H groups in total. The molecule has 2 fully saturated rings. The predicted octanol–water partition coefficient (Wildman–Crippen LogP) is 1.22. The fourth-order valence-corrected chi connectivity index (χ4v) is 3.09. The van der Waals surface area contributed by atoms with E-state index in [1.54, 1.807) is 7.05 Å². The molecule has 1 aromatic rings. The van der Waals surface area contributed by atoms with E-state index in [2.05, 4.69) is 9.80 Å². The van der Waals surface area contributed by atoms with Crippen molar-refractivity contribution in [1.82, 2.24) is 9.80 Å². The molecule has 21 heavy (non-hydrogen) atoms. The number of nitrogens with zero attached hydrogens (tertiary/aromatic N) is 3. The number of imide groups is 1. The van der Waals surface area contributed by atoms with E-state index in [-0.39, 0.29) is 17.9 Å². The van der Waals surface area contributed by atoms with Gasteiger partial charge in [-0.05, 0) is 24.3 Å². The number of hydrogen-bond donors (Lipinski definition) is 0. The SMILES string of the molecule is CN1C(=O)C[C@H](N2CCN(c3ccc(Cl)cc3)CC2)C1=O. The summed E-state index contributed by atoms with van der Waals surface area (Å²) in [5.74, 6) is -0.148. The normalized spacial score (nSPS) is 24.0. The van der Waals surface area contributed by atoms with E-state index in [0.717, 1.165) is 36.9 Å². The molecule has 2 heterocycles. The Morgan fingerprint density at radius 3 is 2.19 bits per heavy atom. The summed E-state index contributed by atoms with van der Waals surface area (Å²) in [6.45, 7) is 3.28. The molecular formula is C15H18ClN3O2. The molecule has 2 aliphatic heterocycles. The molecule has 5 nitrogen and oxygen atoms in total. The third kappa shape index (κ3) is 2.76. The second-order valence-electron chi connectivity index (χ2n) is 5.51. The second-order valence-corrected chi connectivity index (χ2v) is 5.95. The zero-order valence-corrected chi connectivity index (χ0v) is 12.7. The number of hydrogen-bond acceptors (Lipinski definition) is 4. The first-order valence-corrected chi connectivity index (χ1v) is 7.49. The molecule has 6 heteroatoms. The molecular weight excluding hydrogens is 290 g/mol. The highest BCUT2D eigenvalue weighted by molar-refractivity contribution is 6.30. The van der Waals surface area contributed by atoms with E-state index in [1.807, 2.05) is 24.3 Å². The fourth-order valence-electron chi connectivity index (χ4n) is 2.97. The zero-order chi connectivity index (χ0) is 15.0. The van der Waals surface area contributed by atoms with Gasteiger partial charge in [-0.25, -0.2) is 0 Å². The lowest BCUT2D eigenvalue weighted by atomic mass is 10.1. The van der Waals surface area contributed by atoms with E-state index >= 15 is 0 Å².